The highest BCUT2D eigenvalue weighted by atomic mass is 16.5. The molecule has 0 radical (unpaired) electrons. The molecule has 0 amide bonds. The monoisotopic (exact) mass is 211 g/mol. The summed E-state index contributed by atoms with van der Waals surface area (Å²) in [5.74, 6) is 0. The third kappa shape index (κ3) is 4.80. The highest BCUT2D eigenvalue weighted by Gasteiger charge is 2.20. The highest BCUT2D eigenvalue weighted by Crippen LogP contribution is 2.21. The fraction of sp³-hybridized carbons (Fsp3) is 0.846. The Labute approximate surface area is 94.1 Å². The maximum absolute atomic E-state index is 5.83. The molecule has 15 heavy (non-hydrogen) atoms. The van der Waals surface area contributed by atoms with E-state index in [4.69, 9.17) is 4.74 Å². The van der Waals surface area contributed by atoms with E-state index in [2.05, 4.69) is 25.7 Å². The summed E-state index contributed by atoms with van der Waals surface area (Å²) in [7, 11) is 0. The minimum Gasteiger partial charge on any atom is -0.374 e. The van der Waals surface area contributed by atoms with Gasteiger partial charge in [0.2, 0.25) is 0 Å². The van der Waals surface area contributed by atoms with Gasteiger partial charge in [-0.1, -0.05) is 26.0 Å². The van der Waals surface area contributed by atoms with Crippen molar-refractivity contribution in [3.8, 4) is 0 Å². The molecule has 0 aromatic rings. The van der Waals surface area contributed by atoms with Crippen LogP contribution in [0.25, 0.3) is 0 Å². The lowest BCUT2D eigenvalue weighted by molar-refractivity contribution is 0.0354. The van der Waals surface area contributed by atoms with E-state index < -0.39 is 0 Å². The van der Waals surface area contributed by atoms with Crippen LogP contribution in [0.3, 0.4) is 0 Å². The van der Waals surface area contributed by atoms with Crippen molar-refractivity contribution in [2.24, 2.45) is 0 Å². The van der Waals surface area contributed by atoms with Gasteiger partial charge in [0.05, 0.1) is 12.7 Å². The van der Waals surface area contributed by atoms with E-state index in [0.29, 0.717) is 6.10 Å². The van der Waals surface area contributed by atoms with Gasteiger partial charge in [-0.05, 0) is 38.6 Å². The standard InChI is InChI=1S/C13H25NO/c1-4-11(3)10-15-13-8-6-12(7-9-13)14-5-2/h12-14H,3-10H2,1-2H3. The molecule has 1 rings (SSSR count). The first-order chi connectivity index (χ1) is 7.26. The fourth-order valence-electron chi connectivity index (χ4n) is 2.06. The summed E-state index contributed by atoms with van der Waals surface area (Å²) in [6.45, 7) is 10.1. The van der Waals surface area contributed by atoms with E-state index in [1.54, 1.807) is 0 Å². The van der Waals surface area contributed by atoms with Gasteiger partial charge in [0, 0.05) is 6.04 Å². The zero-order valence-corrected chi connectivity index (χ0v) is 10.2. The summed E-state index contributed by atoms with van der Waals surface area (Å²) in [5, 5.41) is 3.51. The SMILES string of the molecule is C=C(CC)COC1CCC(NCC)CC1. The van der Waals surface area contributed by atoms with E-state index in [-0.39, 0.29) is 0 Å². The summed E-state index contributed by atoms with van der Waals surface area (Å²) >= 11 is 0. The van der Waals surface area contributed by atoms with Crippen LogP contribution in [0.5, 0.6) is 0 Å². The van der Waals surface area contributed by atoms with Crippen molar-refractivity contribution in [1.29, 1.82) is 0 Å². The predicted molar refractivity (Wildman–Crippen MR) is 65.1 cm³/mol. The van der Waals surface area contributed by atoms with E-state index in [0.717, 1.165) is 25.6 Å². The van der Waals surface area contributed by atoms with Gasteiger partial charge in [0.15, 0.2) is 0 Å². The molecule has 1 aliphatic rings. The zero-order chi connectivity index (χ0) is 11.1. The van der Waals surface area contributed by atoms with Crippen molar-refractivity contribution in [1.82, 2.24) is 5.32 Å². The van der Waals surface area contributed by atoms with Crippen LogP contribution in [-0.2, 0) is 4.74 Å². The Bertz CT molecular complexity index is 183. The molecular formula is C13H25NO. The smallest absolute Gasteiger partial charge is 0.0677 e. The topological polar surface area (TPSA) is 21.3 Å². The number of hydrogen-bond acceptors (Lipinski definition) is 2. The van der Waals surface area contributed by atoms with Crippen molar-refractivity contribution in [2.45, 2.75) is 58.1 Å². The quantitative estimate of drug-likeness (QED) is 0.682. The minimum atomic E-state index is 0.475. The lowest BCUT2D eigenvalue weighted by atomic mass is 9.93. The van der Waals surface area contributed by atoms with Gasteiger partial charge in [-0.2, -0.15) is 0 Å². The van der Waals surface area contributed by atoms with Crippen LogP contribution in [0.4, 0.5) is 0 Å². The molecule has 0 bridgehead atoms. The Hall–Kier alpha value is -0.340. The summed E-state index contributed by atoms with van der Waals surface area (Å²) in [6.07, 6.45) is 6.44. The Balaban J connectivity index is 2.12. The average molecular weight is 211 g/mol. The normalized spacial score (nSPS) is 26.5. The lowest BCUT2D eigenvalue weighted by Crippen LogP contribution is -2.35. The van der Waals surface area contributed by atoms with E-state index in [1.807, 2.05) is 0 Å². The van der Waals surface area contributed by atoms with Crippen LogP contribution in [0, 0.1) is 0 Å². The van der Waals surface area contributed by atoms with E-state index in [1.165, 1.54) is 31.3 Å². The molecule has 1 fully saturated rings. The molecule has 1 aliphatic carbocycles. The molecule has 88 valence electrons. The van der Waals surface area contributed by atoms with Crippen molar-refractivity contribution in [3.63, 3.8) is 0 Å². The Kier molecular flexibility index (Phi) is 5.96. The van der Waals surface area contributed by atoms with Gasteiger partial charge in [0.25, 0.3) is 0 Å². The van der Waals surface area contributed by atoms with Crippen LogP contribution < -0.4 is 5.32 Å². The Morgan fingerprint density at radius 1 is 1.27 bits per heavy atom. The molecule has 0 aliphatic heterocycles. The summed E-state index contributed by atoms with van der Waals surface area (Å²) in [5.41, 5.74) is 1.21. The van der Waals surface area contributed by atoms with Gasteiger partial charge in [0.1, 0.15) is 0 Å². The molecule has 1 N–H and O–H groups in total. The first kappa shape index (κ1) is 12.7. The van der Waals surface area contributed by atoms with Crippen LogP contribution in [0.15, 0.2) is 12.2 Å². The van der Waals surface area contributed by atoms with Crippen molar-refractivity contribution >= 4 is 0 Å². The molecule has 0 atom stereocenters. The van der Waals surface area contributed by atoms with Gasteiger partial charge in [-0.15, -0.1) is 0 Å². The summed E-state index contributed by atoms with van der Waals surface area (Å²) in [6, 6.07) is 0.726. The predicted octanol–water partition coefficient (Wildman–Crippen LogP) is 2.89. The molecule has 0 heterocycles. The first-order valence-electron chi connectivity index (χ1n) is 6.27. The Morgan fingerprint density at radius 2 is 1.93 bits per heavy atom. The van der Waals surface area contributed by atoms with Crippen LogP contribution in [0.2, 0.25) is 0 Å². The van der Waals surface area contributed by atoms with Crippen LogP contribution >= 0.6 is 0 Å². The van der Waals surface area contributed by atoms with Crippen LogP contribution in [-0.4, -0.2) is 25.3 Å². The van der Waals surface area contributed by atoms with E-state index in [9.17, 15) is 0 Å². The largest absolute Gasteiger partial charge is 0.374 e. The number of ether oxygens (including phenoxy) is 1. The van der Waals surface area contributed by atoms with Crippen molar-refractivity contribution < 1.29 is 4.74 Å². The van der Waals surface area contributed by atoms with Crippen molar-refractivity contribution in [2.75, 3.05) is 13.2 Å². The molecule has 2 nitrogen and oxygen atoms in total. The first-order valence-corrected chi connectivity index (χ1v) is 6.27. The molecule has 0 aromatic heterocycles. The fourth-order valence-corrected chi connectivity index (χ4v) is 2.06. The third-order valence-corrected chi connectivity index (χ3v) is 3.19. The average Bonchev–Trinajstić information content (AvgIpc) is 2.28. The number of nitrogens with one attached hydrogen (secondary N) is 1. The van der Waals surface area contributed by atoms with Gasteiger partial charge >= 0.3 is 0 Å². The third-order valence-electron chi connectivity index (χ3n) is 3.19. The number of rotatable bonds is 6. The van der Waals surface area contributed by atoms with E-state index >= 15 is 0 Å². The maximum atomic E-state index is 5.83. The van der Waals surface area contributed by atoms with Gasteiger partial charge in [-0.3, -0.25) is 0 Å². The number of hydrogen-bond donors (Lipinski definition) is 1. The maximum Gasteiger partial charge on any atom is 0.0677 e. The minimum absolute atomic E-state index is 0.475. The zero-order valence-electron chi connectivity index (χ0n) is 10.2. The molecule has 0 spiro atoms. The molecule has 0 aromatic carbocycles. The second-order valence-corrected chi connectivity index (χ2v) is 4.45. The van der Waals surface area contributed by atoms with Crippen LogP contribution in [0.1, 0.15) is 46.0 Å². The summed E-state index contributed by atoms with van der Waals surface area (Å²) in [4.78, 5) is 0. The molecule has 1 saturated carbocycles. The van der Waals surface area contributed by atoms with Crippen molar-refractivity contribution in [3.05, 3.63) is 12.2 Å². The molecular weight excluding hydrogens is 186 g/mol. The lowest BCUT2D eigenvalue weighted by Gasteiger charge is -2.29. The summed E-state index contributed by atoms with van der Waals surface area (Å²) < 4.78 is 5.83. The molecule has 0 saturated heterocycles. The molecule has 2 heteroatoms. The second kappa shape index (κ2) is 7.02. The van der Waals surface area contributed by atoms with Gasteiger partial charge < -0.3 is 10.1 Å². The highest BCUT2D eigenvalue weighted by molar-refractivity contribution is 4.92. The van der Waals surface area contributed by atoms with Gasteiger partial charge in [-0.25, -0.2) is 0 Å². The molecule has 0 unspecified atom stereocenters. The second-order valence-electron chi connectivity index (χ2n) is 4.45. The Morgan fingerprint density at radius 3 is 2.47 bits per heavy atom.